The number of carbonyl (C=O) groups excluding carboxylic acids is 2. The molecular weight excluding hydrogens is 252 g/mol. The predicted molar refractivity (Wildman–Crippen MR) is 80.0 cm³/mol. The summed E-state index contributed by atoms with van der Waals surface area (Å²) in [4.78, 5) is 23.1. The molecule has 2 unspecified atom stereocenters. The second-order valence-electron chi connectivity index (χ2n) is 5.64. The van der Waals surface area contributed by atoms with Gasteiger partial charge < -0.3 is 10.6 Å². The van der Waals surface area contributed by atoms with Crippen LogP contribution in [-0.4, -0.2) is 18.4 Å². The van der Waals surface area contributed by atoms with Crippen LogP contribution in [0.2, 0.25) is 0 Å². The third-order valence-corrected chi connectivity index (χ3v) is 4.09. The fraction of sp³-hybridized carbons (Fsp3) is 0.500. The van der Waals surface area contributed by atoms with E-state index in [2.05, 4.69) is 17.6 Å². The van der Waals surface area contributed by atoms with Gasteiger partial charge in [-0.2, -0.15) is 0 Å². The van der Waals surface area contributed by atoms with Crippen LogP contribution in [0.15, 0.2) is 24.3 Å². The van der Waals surface area contributed by atoms with E-state index in [1.807, 2.05) is 0 Å². The van der Waals surface area contributed by atoms with Gasteiger partial charge in [0.25, 0.3) is 0 Å². The van der Waals surface area contributed by atoms with Gasteiger partial charge in [0, 0.05) is 17.8 Å². The Morgan fingerprint density at radius 2 is 2.10 bits per heavy atom. The summed E-state index contributed by atoms with van der Waals surface area (Å²) in [6.07, 6.45) is 3.71. The highest BCUT2D eigenvalue weighted by Gasteiger charge is 2.23. The molecule has 20 heavy (non-hydrogen) atoms. The highest BCUT2D eigenvalue weighted by molar-refractivity contribution is 5.96. The van der Waals surface area contributed by atoms with Gasteiger partial charge in [0.2, 0.25) is 0 Å². The van der Waals surface area contributed by atoms with Crippen LogP contribution < -0.4 is 10.6 Å². The zero-order valence-electron chi connectivity index (χ0n) is 12.1. The van der Waals surface area contributed by atoms with E-state index >= 15 is 0 Å². The molecule has 0 aromatic heterocycles. The van der Waals surface area contributed by atoms with E-state index in [0.29, 0.717) is 23.1 Å². The summed E-state index contributed by atoms with van der Waals surface area (Å²) in [6.45, 7) is 4.48. The minimum atomic E-state index is -0.204. The van der Waals surface area contributed by atoms with Crippen molar-refractivity contribution in [3.05, 3.63) is 29.8 Å². The first kappa shape index (κ1) is 14.6. The number of anilines is 1. The van der Waals surface area contributed by atoms with Gasteiger partial charge in [-0.1, -0.05) is 31.9 Å². The number of carbonyl (C=O) groups is 2. The van der Waals surface area contributed by atoms with Crippen molar-refractivity contribution in [1.29, 1.82) is 0 Å². The molecule has 1 aromatic carbocycles. The monoisotopic (exact) mass is 274 g/mol. The number of benzene rings is 1. The Hall–Kier alpha value is -1.84. The van der Waals surface area contributed by atoms with Gasteiger partial charge in [-0.15, -0.1) is 0 Å². The average Bonchev–Trinajstić information content (AvgIpc) is 2.82. The molecule has 1 aliphatic carbocycles. The van der Waals surface area contributed by atoms with Gasteiger partial charge >= 0.3 is 6.03 Å². The van der Waals surface area contributed by atoms with Crippen molar-refractivity contribution in [3.8, 4) is 0 Å². The van der Waals surface area contributed by atoms with E-state index in [0.717, 1.165) is 6.54 Å². The van der Waals surface area contributed by atoms with Gasteiger partial charge in [-0.25, -0.2) is 4.79 Å². The number of hydrogen-bond acceptors (Lipinski definition) is 2. The van der Waals surface area contributed by atoms with Crippen LogP contribution in [0.3, 0.4) is 0 Å². The molecule has 0 aliphatic heterocycles. The molecule has 4 nitrogen and oxygen atoms in total. The Bertz CT molecular complexity index is 499. The molecule has 1 fully saturated rings. The number of amides is 2. The number of urea groups is 1. The molecule has 0 spiro atoms. The van der Waals surface area contributed by atoms with Crippen molar-refractivity contribution in [2.75, 3.05) is 11.9 Å². The third kappa shape index (κ3) is 3.83. The highest BCUT2D eigenvalue weighted by Crippen LogP contribution is 2.30. The molecule has 2 atom stereocenters. The molecule has 1 saturated carbocycles. The summed E-state index contributed by atoms with van der Waals surface area (Å²) < 4.78 is 0. The Kier molecular flexibility index (Phi) is 4.77. The normalized spacial score (nSPS) is 21.5. The minimum absolute atomic E-state index is 0.00571. The average molecular weight is 274 g/mol. The predicted octanol–water partition coefficient (Wildman–Crippen LogP) is 3.45. The zero-order chi connectivity index (χ0) is 14.5. The Balaban J connectivity index is 1.85. The van der Waals surface area contributed by atoms with E-state index < -0.39 is 0 Å². The van der Waals surface area contributed by atoms with E-state index in [4.69, 9.17) is 0 Å². The summed E-state index contributed by atoms with van der Waals surface area (Å²) in [6, 6.07) is 6.78. The second kappa shape index (κ2) is 6.55. The standard InChI is InChI=1S/C16H22N2O2/c1-11-5-3-7-14(11)10-17-16(20)18-15-8-4-6-13(9-15)12(2)19/h4,6,8-9,11,14H,3,5,7,10H2,1-2H3,(H2,17,18,20). The van der Waals surface area contributed by atoms with E-state index in [-0.39, 0.29) is 11.8 Å². The Morgan fingerprint density at radius 3 is 2.75 bits per heavy atom. The largest absolute Gasteiger partial charge is 0.338 e. The number of Topliss-reactive ketones (excluding diaryl/α,β-unsaturated/α-hetero) is 1. The molecule has 2 rings (SSSR count). The van der Waals surface area contributed by atoms with Crippen LogP contribution in [0.4, 0.5) is 10.5 Å². The van der Waals surface area contributed by atoms with E-state index in [1.54, 1.807) is 24.3 Å². The van der Waals surface area contributed by atoms with Gasteiger partial charge in [0.1, 0.15) is 0 Å². The van der Waals surface area contributed by atoms with Crippen LogP contribution in [0.1, 0.15) is 43.5 Å². The first-order chi connectivity index (χ1) is 9.56. The molecular formula is C16H22N2O2. The lowest BCUT2D eigenvalue weighted by Crippen LogP contribution is -2.33. The van der Waals surface area contributed by atoms with Crippen LogP contribution in [-0.2, 0) is 0 Å². The summed E-state index contributed by atoms with van der Waals surface area (Å²) in [5.74, 6) is 1.27. The molecule has 4 heteroatoms. The number of nitrogens with one attached hydrogen (secondary N) is 2. The third-order valence-electron chi connectivity index (χ3n) is 4.09. The first-order valence-electron chi connectivity index (χ1n) is 7.22. The van der Waals surface area contributed by atoms with Crippen LogP contribution in [0.5, 0.6) is 0 Å². The zero-order valence-corrected chi connectivity index (χ0v) is 12.1. The lowest BCUT2D eigenvalue weighted by atomic mass is 9.98. The number of rotatable bonds is 4. The molecule has 0 radical (unpaired) electrons. The molecule has 2 amide bonds. The SMILES string of the molecule is CC(=O)c1cccc(NC(=O)NCC2CCCC2C)c1. The van der Waals surface area contributed by atoms with Crippen molar-refractivity contribution in [3.63, 3.8) is 0 Å². The highest BCUT2D eigenvalue weighted by atomic mass is 16.2. The molecule has 2 N–H and O–H groups in total. The van der Waals surface area contributed by atoms with Crippen molar-refractivity contribution in [2.45, 2.75) is 33.1 Å². The van der Waals surface area contributed by atoms with Crippen LogP contribution in [0.25, 0.3) is 0 Å². The van der Waals surface area contributed by atoms with Gasteiger partial charge in [0.05, 0.1) is 0 Å². The van der Waals surface area contributed by atoms with Gasteiger partial charge in [0.15, 0.2) is 5.78 Å². The molecule has 0 heterocycles. The molecule has 1 aromatic rings. The smallest absolute Gasteiger partial charge is 0.319 e. The maximum absolute atomic E-state index is 11.8. The van der Waals surface area contributed by atoms with Crippen LogP contribution in [0, 0.1) is 11.8 Å². The Labute approximate surface area is 119 Å². The lowest BCUT2D eigenvalue weighted by molar-refractivity contribution is 0.101. The topological polar surface area (TPSA) is 58.2 Å². The van der Waals surface area contributed by atoms with E-state index in [1.165, 1.54) is 26.2 Å². The minimum Gasteiger partial charge on any atom is -0.338 e. The quantitative estimate of drug-likeness (QED) is 0.826. The van der Waals surface area contributed by atoms with Gasteiger partial charge in [-0.05, 0) is 37.3 Å². The molecule has 0 bridgehead atoms. The van der Waals surface area contributed by atoms with Gasteiger partial charge in [-0.3, -0.25) is 4.79 Å². The molecule has 1 aliphatic rings. The fourth-order valence-electron chi connectivity index (χ4n) is 2.74. The lowest BCUT2D eigenvalue weighted by Gasteiger charge is -2.16. The summed E-state index contributed by atoms with van der Waals surface area (Å²) in [7, 11) is 0. The summed E-state index contributed by atoms with van der Waals surface area (Å²) in [5, 5.41) is 5.69. The number of hydrogen-bond donors (Lipinski definition) is 2. The second-order valence-corrected chi connectivity index (χ2v) is 5.64. The van der Waals surface area contributed by atoms with Crippen molar-refractivity contribution in [2.24, 2.45) is 11.8 Å². The van der Waals surface area contributed by atoms with Crippen molar-refractivity contribution >= 4 is 17.5 Å². The number of ketones is 1. The maximum Gasteiger partial charge on any atom is 0.319 e. The molecule has 108 valence electrons. The van der Waals surface area contributed by atoms with E-state index in [9.17, 15) is 9.59 Å². The summed E-state index contributed by atoms with van der Waals surface area (Å²) >= 11 is 0. The van der Waals surface area contributed by atoms with Crippen molar-refractivity contribution in [1.82, 2.24) is 5.32 Å². The fourth-order valence-corrected chi connectivity index (χ4v) is 2.74. The first-order valence-corrected chi connectivity index (χ1v) is 7.22. The van der Waals surface area contributed by atoms with Crippen LogP contribution >= 0.6 is 0 Å². The Morgan fingerprint density at radius 1 is 1.30 bits per heavy atom. The maximum atomic E-state index is 11.8. The summed E-state index contributed by atoms with van der Waals surface area (Å²) in [5.41, 5.74) is 1.25. The molecule has 0 saturated heterocycles. The van der Waals surface area contributed by atoms with Crippen molar-refractivity contribution < 1.29 is 9.59 Å².